The molecule has 0 aliphatic heterocycles. The van der Waals surface area contributed by atoms with E-state index >= 15 is 0 Å². The standard InChI is InChI=1S/C27H30N4O4/c1-18(32)19-8-7-11-21(16-19)29-26(34)17-31-24-13-6-5-12-22(24)30-23(27(31)35)14-15-25(33)28-20-9-3-2-4-10-20/h5-8,11-13,16,20H,2-4,9-10,14-15,17H2,1H3,(H,28,33)(H,29,34). The number of hydrogen-bond acceptors (Lipinski definition) is 5. The van der Waals surface area contributed by atoms with Gasteiger partial charge in [-0.15, -0.1) is 0 Å². The first kappa shape index (κ1) is 24.3. The second kappa shape index (κ2) is 11.1. The van der Waals surface area contributed by atoms with Gasteiger partial charge in [0.25, 0.3) is 5.56 Å². The lowest BCUT2D eigenvalue weighted by Gasteiger charge is -2.22. The Hall–Kier alpha value is -3.81. The van der Waals surface area contributed by atoms with Crippen LogP contribution in [0.15, 0.2) is 53.3 Å². The lowest BCUT2D eigenvalue weighted by molar-refractivity contribution is -0.122. The summed E-state index contributed by atoms with van der Waals surface area (Å²) in [4.78, 5) is 54.7. The van der Waals surface area contributed by atoms with Gasteiger partial charge in [-0.3, -0.25) is 23.7 Å². The minimum Gasteiger partial charge on any atom is -0.353 e. The zero-order valence-electron chi connectivity index (χ0n) is 19.9. The zero-order valence-corrected chi connectivity index (χ0v) is 19.9. The topological polar surface area (TPSA) is 110 Å². The molecule has 8 heteroatoms. The van der Waals surface area contributed by atoms with Crippen molar-refractivity contribution in [1.82, 2.24) is 14.9 Å². The third kappa shape index (κ3) is 6.20. The highest BCUT2D eigenvalue weighted by Gasteiger charge is 2.18. The third-order valence-electron chi connectivity index (χ3n) is 6.33. The third-order valence-corrected chi connectivity index (χ3v) is 6.33. The molecule has 0 bridgehead atoms. The van der Waals surface area contributed by atoms with E-state index in [0.717, 1.165) is 25.7 Å². The molecule has 1 aliphatic rings. The van der Waals surface area contributed by atoms with Gasteiger partial charge in [-0.25, -0.2) is 4.98 Å². The van der Waals surface area contributed by atoms with Crippen LogP contribution in [-0.2, 0) is 22.6 Å². The van der Waals surface area contributed by atoms with E-state index in [-0.39, 0.29) is 48.4 Å². The summed E-state index contributed by atoms with van der Waals surface area (Å²) in [5, 5.41) is 5.83. The molecule has 2 aromatic carbocycles. The van der Waals surface area contributed by atoms with Crippen molar-refractivity contribution in [2.75, 3.05) is 5.32 Å². The van der Waals surface area contributed by atoms with Crippen LogP contribution < -0.4 is 16.2 Å². The van der Waals surface area contributed by atoms with Gasteiger partial charge in [0.1, 0.15) is 12.2 Å². The van der Waals surface area contributed by atoms with Crippen molar-refractivity contribution in [3.8, 4) is 0 Å². The van der Waals surface area contributed by atoms with E-state index in [1.165, 1.54) is 17.9 Å². The molecule has 2 amide bonds. The Morgan fingerprint density at radius 3 is 2.54 bits per heavy atom. The number of nitrogens with zero attached hydrogens (tertiary/aromatic N) is 2. The number of anilines is 1. The van der Waals surface area contributed by atoms with Gasteiger partial charge in [0.2, 0.25) is 11.8 Å². The van der Waals surface area contributed by atoms with Gasteiger partial charge >= 0.3 is 0 Å². The van der Waals surface area contributed by atoms with Crippen LogP contribution >= 0.6 is 0 Å². The van der Waals surface area contributed by atoms with E-state index in [9.17, 15) is 19.2 Å². The molecule has 182 valence electrons. The number of carbonyl (C=O) groups is 3. The van der Waals surface area contributed by atoms with E-state index < -0.39 is 5.91 Å². The van der Waals surface area contributed by atoms with Crippen LogP contribution in [0.3, 0.4) is 0 Å². The number of carbonyl (C=O) groups excluding carboxylic acids is 3. The molecule has 0 saturated heterocycles. The SMILES string of the molecule is CC(=O)c1cccc(NC(=O)Cn2c(=O)c(CCC(=O)NC3CCCCC3)nc3ccccc32)c1. The molecule has 1 aliphatic carbocycles. The van der Waals surface area contributed by atoms with Crippen molar-refractivity contribution >= 4 is 34.3 Å². The van der Waals surface area contributed by atoms with E-state index in [1.54, 1.807) is 42.5 Å². The number of ketones is 1. The highest BCUT2D eigenvalue weighted by Crippen LogP contribution is 2.18. The highest BCUT2D eigenvalue weighted by atomic mass is 16.2. The van der Waals surface area contributed by atoms with Gasteiger partial charge in [-0.2, -0.15) is 0 Å². The second-order valence-electron chi connectivity index (χ2n) is 9.03. The Kier molecular flexibility index (Phi) is 7.70. The maximum absolute atomic E-state index is 13.3. The molecule has 1 saturated carbocycles. The molecule has 2 N–H and O–H groups in total. The average molecular weight is 475 g/mol. The molecule has 8 nitrogen and oxygen atoms in total. The predicted octanol–water partition coefficient (Wildman–Crippen LogP) is 3.62. The largest absolute Gasteiger partial charge is 0.353 e. The number of hydrogen-bond donors (Lipinski definition) is 2. The molecular weight excluding hydrogens is 444 g/mol. The Balaban J connectivity index is 1.51. The van der Waals surface area contributed by atoms with Crippen molar-refractivity contribution < 1.29 is 14.4 Å². The number of fused-ring (bicyclic) bond motifs is 1. The number of aryl methyl sites for hydroxylation is 1. The first-order chi connectivity index (χ1) is 16.9. The molecule has 1 heterocycles. The molecule has 0 spiro atoms. The van der Waals surface area contributed by atoms with E-state index in [0.29, 0.717) is 22.3 Å². The number of benzene rings is 2. The lowest BCUT2D eigenvalue weighted by Crippen LogP contribution is -2.37. The predicted molar refractivity (Wildman–Crippen MR) is 134 cm³/mol. The molecular formula is C27H30N4O4. The monoisotopic (exact) mass is 474 g/mol. The summed E-state index contributed by atoms with van der Waals surface area (Å²) >= 11 is 0. The summed E-state index contributed by atoms with van der Waals surface area (Å²) in [6.07, 6.45) is 5.83. The van der Waals surface area contributed by atoms with Crippen LogP contribution in [0, 0.1) is 0 Å². The first-order valence-corrected chi connectivity index (χ1v) is 12.1. The van der Waals surface area contributed by atoms with Crippen molar-refractivity contribution in [2.45, 2.75) is 64.5 Å². The molecule has 0 radical (unpaired) electrons. The molecule has 0 unspecified atom stereocenters. The van der Waals surface area contributed by atoms with Gasteiger partial charge in [0.05, 0.1) is 11.0 Å². The van der Waals surface area contributed by atoms with Crippen molar-refractivity contribution in [1.29, 1.82) is 0 Å². The normalized spacial score (nSPS) is 14.0. The fourth-order valence-corrected chi connectivity index (χ4v) is 4.50. The lowest BCUT2D eigenvalue weighted by atomic mass is 9.95. The zero-order chi connectivity index (χ0) is 24.8. The van der Waals surface area contributed by atoms with Gasteiger partial charge in [-0.05, 0) is 44.0 Å². The van der Waals surface area contributed by atoms with Crippen molar-refractivity contribution in [2.24, 2.45) is 0 Å². The van der Waals surface area contributed by atoms with Gasteiger partial charge in [-0.1, -0.05) is 43.5 Å². The van der Waals surface area contributed by atoms with Gasteiger partial charge in [0.15, 0.2) is 5.78 Å². The smallest absolute Gasteiger partial charge is 0.273 e. The highest BCUT2D eigenvalue weighted by molar-refractivity contribution is 5.97. The van der Waals surface area contributed by atoms with Gasteiger partial charge in [0, 0.05) is 30.1 Å². The molecule has 35 heavy (non-hydrogen) atoms. The number of Topliss-reactive ketones (excluding diaryl/α,β-unsaturated/α-hetero) is 1. The fraction of sp³-hybridized carbons (Fsp3) is 0.370. The second-order valence-corrected chi connectivity index (χ2v) is 9.03. The van der Waals surface area contributed by atoms with Crippen LogP contribution in [0.25, 0.3) is 11.0 Å². The molecule has 3 aromatic rings. The number of rotatable bonds is 8. The number of nitrogens with one attached hydrogen (secondary N) is 2. The Morgan fingerprint density at radius 1 is 1.00 bits per heavy atom. The van der Waals surface area contributed by atoms with Crippen molar-refractivity contribution in [3.05, 3.63) is 70.1 Å². The number of amides is 2. The van der Waals surface area contributed by atoms with E-state index in [4.69, 9.17) is 0 Å². The fourth-order valence-electron chi connectivity index (χ4n) is 4.50. The van der Waals surface area contributed by atoms with E-state index in [2.05, 4.69) is 15.6 Å². The Morgan fingerprint density at radius 2 is 1.77 bits per heavy atom. The summed E-state index contributed by atoms with van der Waals surface area (Å²) in [5.41, 5.74) is 1.97. The van der Waals surface area contributed by atoms with Crippen LogP contribution in [0.2, 0.25) is 0 Å². The summed E-state index contributed by atoms with van der Waals surface area (Å²) in [6.45, 7) is 1.24. The summed E-state index contributed by atoms with van der Waals surface area (Å²) in [5.74, 6) is -0.583. The number of para-hydroxylation sites is 2. The molecule has 1 fully saturated rings. The summed E-state index contributed by atoms with van der Waals surface area (Å²) < 4.78 is 1.39. The summed E-state index contributed by atoms with van der Waals surface area (Å²) in [7, 11) is 0. The van der Waals surface area contributed by atoms with Gasteiger partial charge < -0.3 is 10.6 Å². The van der Waals surface area contributed by atoms with E-state index in [1.807, 2.05) is 6.07 Å². The molecule has 1 aromatic heterocycles. The maximum atomic E-state index is 13.3. The Labute approximate surface area is 203 Å². The van der Waals surface area contributed by atoms with Crippen LogP contribution in [-0.4, -0.2) is 33.2 Å². The minimum atomic E-state index is -0.398. The molecule has 4 rings (SSSR count). The van der Waals surface area contributed by atoms with Crippen LogP contribution in [0.5, 0.6) is 0 Å². The first-order valence-electron chi connectivity index (χ1n) is 12.1. The molecule has 0 atom stereocenters. The summed E-state index contributed by atoms with van der Waals surface area (Å²) in [6, 6.07) is 14.0. The maximum Gasteiger partial charge on any atom is 0.273 e. The van der Waals surface area contributed by atoms with Crippen LogP contribution in [0.4, 0.5) is 5.69 Å². The average Bonchev–Trinajstić information content (AvgIpc) is 2.85. The number of aromatic nitrogens is 2. The Bertz CT molecular complexity index is 1310. The quantitative estimate of drug-likeness (QED) is 0.485. The van der Waals surface area contributed by atoms with Crippen LogP contribution in [0.1, 0.15) is 61.5 Å². The minimum absolute atomic E-state index is 0.0825. The van der Waals surface area contributed by atoms with Crippen molar-refractivity contribution in [3.63, 3.8) is 0 Å².